The fourth-order valence-electron chi connectivity index (χ4n) is 1.35. The molecule has 0 aliphatic carbocycles. The lowest BCUT2D eigenvalue weighted by molar-refractivity contribution is -0.149. The molecule has 3 nitrogen and oxygen atoms in total. The van der Waals surface area contributed by atoms with Crippen molar-refractivity contribution in [2.45, 2.75) is 18.7 Å². The van der Waals surface area contributed by atoms with Crippen molar-refractivity contribution in [2.24, 2.45) is 5.41 Å². The summed E-state index contributed by atoms with van der Waals surface area (Å²) >= 11 is 5.82. The number of ether oxygens (including phenoxy) is 1. The summed E-state index contributed by atoms with van der Waals surface area (Å²) in [5.74, 6) is -0.159. The van der Waals surface area contributed by atoms with E-state index in [-0.39, 0.29) is 11.7 Å². The van der Waals surface area contributed by atoms with Crippen LogP contribution in [0.15, 0.2) is 29.2 Å². The average Bonchev–Trinajstić information content (AvgIpc) is 2.27. The van der Waals surface area contributed by atoms with Crippen molar-refractivity contribution in [3.8, 4) is 0 Å². The van der Waals surface area contributed by atoms with Gasteiger partial charge in [-0.15, -0.1) is 0 Å². The van der Waals surface area contributed by atoms with Gasteiger partial charge in [-0.25, -0.2) is 0 Å². The Balaban J connectivity index is 2.83. The molecule has 0 aliphatic heterocycles. The predicted octanol–water partition coefficient (Wildman–Crippen LogP) is 2.65. The molecule has 0 spiro atoms. The molecule has 0 saturated heterocycles. The second-order valence-electron chi connectivity index (χ2n) is 4.32. The van der Waals surface area contributed by atoms with E-state index in [0.717, 1.165) is 0 Å². The lowest BCUT2D eigenvalue weighted by Crippen LogP contribution is -2.31. The molecule has 5 heteroatoms. The largest absolute Gasteiger partial charge is 0.469 e. The molecule has 0 aromatic heterocycles. The maximum absolute atomic E-state index is 12.1. The van der Waals surface area contributed by atoms with Crippen LogP contribution in [0.25, 0.3) is 0 Å². The molecular formula is C12H15ClO3S. The zero-order valence-electron chi connectivity index (χ0n) is 10.0. The van der Waals surface area contributed by atoms with Crippen LogP contribution in [0.1, 0.15) is 13.8 Å². The van der Waals surface area contributed by atoms with Crippen LogP contribution in [0.3, 0.4) is 0 Å². The highest BCUT2D eigenvalue weighted by Crippen LogP contribution is 2.23. The Morgan fingerprint density at radius 1 is 1.47 bits per heavy atom. The third-order valence-corrected chi connectivity index (χ3v) is 4.29. The van der Waals surface area contributed by atoms with Crippen molar-refractivity contribution in [1.82, 2.24) is 0 Å². The van der Waals surface area contributed by atoms with Crippen LogP contribution in [0, 0.1) is 5.41 Å². The predicted molar refractivity (Wildman–Crippen MR) is 68.5 cm³/mol. The number of carbonyl (C=O) groups excluding carboxylic acids is 1. The van der Waals surface area contributed by atoms with Gasteiger partial charge in [-0.1, -0.05) is 17.7 Å². The van der Waals surface area contributed by atoms with E-state index >= 15 is 0 Å². The van der Waals surface area contributed by atoms with Crippen molar-refractivity contribution in [1.29, 1.82) is 0 Å². The van der Waals surface area contributed by atoms with Gasteiger partial charge in [0.1, 0.15) is 0 Å². The number of rotatable bonds is 4. The summed E-state index contributed by atoms with van der Waals surface area (Å²) in [5.41, 5.74) is -0.776. The van der Waals surface area contributed by atoms with E-state index in [1.807, 2.05) is 0 Å². The Hall–Kier alpha value is -0.870. The first-order valence-corrected chi connectivity index (χ1v) is 6.79. The van der Waals surface area contributed by atoms with Gasteiger partial charge in [0, 0.05) is 15.7 Å². The number of esters is 1. The molecule has 0 saturated carbocycles. The molecule has 0 N–H and O–H groups in total. The third-order valence-electron chi connectivity index (χ3n) is 2.29. The quantitative estimate of drug-likeness (QED) is 0.793. The number of carbonyl (C=O) groups is 1. The molecule has 94 valence electrons. The molecule has 1 aromatic rings. The van der Waals surface area contributed by atoms with Crippen LogP contribution in [-0.4, -0.2) is 23.0 Å². The first-order valence-electron chi connectivity index (χ1n) is 5.09. The first-order chi connectivity index (χ1) is 7.86. The van der Waals surface area contributed by atoms with Gasteiger partial charge in [0.25, 0.3) is 0 Å². The van der Waals surface area contributed by atoms with Crippen LogP contribution in [0.4, 0.5) is 0 Å². The number of hydrogen-bond acceptors (Lipinski definition) is 3. The minimum absolute atomic E-state index is 0.208. The van der Waals surface area contributed by atoms with Gasteiger partial charge in [0.15, 0.2) is 0 Å². The standard InChI is InChI=1S/C12H15ClO3S/c1-12(2,11(14)16-3)8-17(15)10-6-4-5-9(13)7-10/h4-7H,8H2,1-3H3. The summed E-state index contributed by atoms with van der Waals surface area (Å²) in [4.78, 5) is 12.1. The van der Waals surface area contributed by atoms with Gasteiger partial charge in [-0.2, -0.15) is 0 Å². The number of hydrogen-bond donors (Lipinski definition) is 0. The number of methoxy groups -OCH3 is 1. The van der Waals surface area contributed by atoms with E-state index in [1.165, 1.54) is 7.11 Å². The molecule has 1 aromatic carbocycles. The van der Waals surface area contributed by atoms with Crippen molar-refractivity contribution in [3.05, 3.63) is 29.3 Å². The van der Waals surface area contributed by atoms with Gasteiger partial charge in [-0.05, 0) is 32.0 Å². The van der Waals surface area contributed by atoms with Gasteiger partial charge < -0.3 is 4.74 Å². The molecular weight excluding hydrogens is 260 g/mol. The van der Waals surface area contributed by atoms with Crippen LogP contribution in [0.2, 0.25) is 5.02 Å². The highest BCUT2D eigenvalue weighted by atomic mass is 35.5. The fourth-order valence-corrected chi connectivity index (χ4v) is 3.04. The van der Waals surface area contributed by atoms with Gasteiger partial charge in [0.2, 0.25) is 0 Å². The van der Waals surface area contributed by atoms with Crippen LogP contribution in [0.5, 0.6) is 0 Å². The second-order valence-corrected chi connectivity index (χ2v) is 6.21. The zero-order chi connectivity index (χ0) is 13.1. The lowest BCUT2D eigenvalue weighted by Gasteiger charge is -2.20. The summed E-state index contributed by atoms with van der Waals surface area (Å²) in [5, 5.41) is 0.534. The minimum atomic E-state index is -1.27. The average molecular weight is 275 g/mol. The Morgan fingerprint density at radius 2 is 2.12 bits per heavy atom. The maximum Gasteiger partial charge on any atom is 0.312 e. The van der Waals surface area contributed by atoms with E-state index in [9.17, 15) is 9.00 Å². The third kappa shape index (κ3) is 3.82. The van der Waals surface area contributed by atoms with Gasteiger partial charge >= 0.3 is 5.97 Å². The molecule has 0 radical (unpaired) electrons. The molecule has 0 aliphatic rings. The molecule has 0 bridgehead atoms. The first kappa shape index (κ1) is 14.2. The highest BCUT2D eigenvalue weighted by molar-refractivity contribution is 7.85. The summed E-state index contributed by atoms with van der Waals surface area (Å²) in [6.07, 6.45) is 0. The topological polar surface area (TPSA) is 43.4 Å². The summed E-state index contributed by atoms with van der Waals surface area (Å²) in [7, 11) is 0.0552. The highest BCUT2D eigenvalue weighted by Gasteiger charge is 2.31. The monoisotopic (exact) mass is 274 g/mol. The lowest BCUT2D eigenvalue weighted by atomic mass is 9.97. The van der Waals surface area contributed by atoms with Crippen molar-refractivity contribution in [3.63, 3.8) is 0 Å². The molecule has 1 atom stereocenters. The van der Waals surface area contributed by atoms with Crippen molar-refractivity contribution < 1.29 is 13.7 Å². The normalized spacial score (nSPS) is 13.2. The summed E-state index contributed by atoms with van der Waals surface area (Å²) in [6, 6.07) is 6.83. The van der Waals surface area contributed by atoms with E-state index < -0.39 is 16.2 Å². The Kier molecular flexibility index (Phi) is 4.71. The van der Waals surface area contributed by atoms with Crippen molar-refractivity contribution in [2.75, 3.05) is 12.9 Å². The van der Waals surface area contributed by atoms with E-state index in [0.29, 0.717) is 9.92 Å². The smallest absolute Gasteiger partial charge is 0.312 e. The molecule has 0 amide bonds. The maximum atomic E-state index is 12.1. The number of benzene rings is 1. The zero-order valence-corrected chi connectivity index (χ0v) is 11.6. The van der Waals surface area contributed by atoms with Gasteiger partial charge in [0.05, 0.1) is 23.3 Å². The number of halogens is 1. The molecule has 0 heterocycles. The SMILES string of the molecule is COC(=O)C(C)(C)CS(=O)c1cccc(Cl)c1. The summed E-state index contributed by atoms with van der Waals surface area (Å²) in [6.45, 7) is 3.42. The van der Waals surface area contributed by atoms with Crippen LogP contribution < -0.4 is 0 Å². The molecule has 1 rings (SSSR count). The van der Waals surface area contributed by atoms with E-state index in [2.05, 4.69) is 4.74 Å². The Labute approximate surface area is 109 Å². The van der Waals surface area contributed by atoms with E-state index in [4.69, 9.17) is 11.6 Å². The second kappa shape index (κ2) is 5.65. The molecule has 17 heavy (non-hydrogen) atoms. The van der Waals surface area contributed by atoms with Crippen LogP contribution in [-0.2, 0) is 20.3 Å². The Morgan fingerprint density at radius 3 is 2.65 bits per heavy atom. The molecule has 0 fully saturated rings. The molecule has 1 unspecified atom stereocenters. The minimum Gasteiger partial charge on any atom is -0.469 e. The Bertz CT molecular complexity index is 443. The van der Waals surface area contributed by atoms with E-state index in [1.54, 1.807) is 38.1 Å². The fraction of sp³-hybridized carbons (Fsp3) is 0.417. The van der Waals surface area contributed by atoms with Crippen LogP contribution >= 0.6 is 11.6 Å². The van der Waals surface area contributed by atoms with Gasteiger partial charge in [-0.3, -0.25) is 9.00 Å². The van der Waals surface area contributed by atoms with Crippen molar-refractivity contribution >= 4 is 28.4 Å². The summed E-state index contributed by atoms with van der Waals surface area (Å²) < 4.78 is 16.8.